The van der Waals surface area contributed by atoms with Gasteiger partial charge < -0.3 is 24.0 Å². The van der Waals surface area contributed by atoms with Crippen molar-refractivity contribution in [3.8, 4) is 0 Å². The average molecular weight is 929 g/mol. The molecule has 61 heavy (non-hydrogen) atoms. The normalized spacial score (nSPS) is 18.0. The van der Waals surface area contributed by atoms with Crippen molar-refractivity contribution in [1.29, 1.82) is 0 Å². The van der Waals surface area contributed by atoms with E-state index in [4.69, 9.17) is 37.4 Å². The summed E-state index contributed by atoms with van der Waals surface area (Å²) in [5, 5.41) is 0.827. The molecule has 21 heteroatoms. The maximum absolute atomic E-state index is 13.8. The van der Waals surface area contributed by atoms with Gasteiger partial charge >= 0.3 is 38.6 Å². The molecule has 17 nitrogen and oxygen atoms in total. The van der Waals surface area contributed by atoms with Gasteiger partial charge in [-0.2, -0.15) is 25.4 Å². The van der Waals surface area contributed by atoms with Crippen molar-refractivity contribution in [2.45, 2.75) is 85.2 Å². The summed E-state index contributed by atoms with van der Waals surface area (Å²) in [4.78, 5) is 43.9. The number of nitrogens with zero attached hydrogens (tertiary/aromatic N) is 6. The highest BCUT2D eigenvalue weighted by Crippen LogP contribution is 2.28. The number of piperazine rings is 2. The zero-order valence-electron chi connectivity index (χ0n) is 35.8. The lowest BCUT2D eigenvalue weighted by atomic mass is 10.2. The number of benzene rings is 2. The summed E-state index contributed by atoms with van der Waals surface area (Å²) in [6.45, 7) is 15.2. The van der Waals surface area contributed by atoms with E-state index in [1.807, 2.05) is 0 Å². The molecule has 2 atom stereocenters. The highest BCUT2D eigenvalue weighted by atomic mass is 35.5. The van der Waals surface area contributed by atoms with Crippen LogP contribution in [0.15, 0.2) is 66.9 Å². The Balaban J connectivity index is 0.000000287. The Hall–Kier alpha value is -4.40. The second-order valence-electron chi connectivity index (χ2n) is 16.4. The first-order chi connectivity index (χ1) is 28.3. The highest BCUT2D eigenvalue weighted by Gasteiger charge is 2.39. The van der Waals surface area contributed by atoms with Crippen molar-refractivity contribution in [2.24, 2.45) is 0 Å². The molecule has 2 aliphatic rings. The first-order valence-corrected chi connectivity index (χ1v) is 23.0. The number of esters is 1. The molecule has 0 bridgehead atoms. The first kappa shape index (κ1) is 49.3. The summed E-state index contributed by atoms with van der Waals surface area (Å²) in [5.41, 5.74) is 0.198. The molecular weight excluding hydrogens is 874 g/mol. The minimum atomic E-state index is -4.04. The second-order valence-corrected chi connectivity index (χ2v) is 20.8. The first-order valence-electron chi connectivity index (χ1n) is 19.4. The summed E-state index contributed by atoms with van der Waals surface area (Å²) < 4.78 is 74.7. The Bertz CT molecular complexity index is 2240. The van der Waals surface area contributed by atoms with Crippen LogP contribution in [0.5, 0.6) is 0 Å². The van der Waals surface area contributed by atoms with Gasteiger partial charge in [0, 0.05) is 67.6 Å². The van der Waals surface area contributed by atoms with E-state index in [9.17, 15) is 31.2 Å². The molecule has 2 aliphatic heterocycles. The molecule has 0 radical (unpaired) electrons. The topological polar surface area (TPSA) is 188 Å². The van der Waals surface area contributed by atoms with E-state index in [0.29, 0.717) is 27.1 Å². The average Bonchev–Trinajstić information content (AvgIpc) is 3.15. The minimum absolute atomic E-state index is 0.0906. The molecule has 0 unspecified atom stereocenters. The number of aromatic nitrogens is 1. The number of halogens is 2. The van der Waals surface area contributed by atoms with Crippen molar-refractivity contribution in [3.05, 3.63) is 88.2 Å². The van der Waals surface area contributed by atoms with Gasteiger partial charge in [-0.1, -0.05) is 35.3 Å². The Labute approximate surface area is 369 Å². The van der Waals surface area contributed by atoms with E-state index in [0.717, 1.165) is 0 Å². The van der Waals surface area contributed by atoms with Gasteiger partial charge in [0.15, 0.2) is 0 Å². The van der Waals surface area contributed by atoms with Gasteiger partial charge in [0.2, 0.25) is 0 Å². The number of carbonyl (C=O) groups excluding carboxylic acids is 3. The zero-order chi connectivity index (χ0) is 45.5. The van der Waals surface area contributed by atoms with Gasteiger partial charge in [0.05, 0.1) is 36.3 Å². The number of amides is 2. The molecule has 0 spiro atoms. The fourth-order valence-electron chi connectivity index (χ4n) is 6.21. The number of rotatable bonds is 9. The maximum atomic E-state index is 13.8. The molecule has 5 rings (SSSR count). The molecule has 2 fully saturated rings. The van der Waals surface area contributed by atoms with Crippen molar-refractivity contribution in [3.63, 3.8) is 0 Å². The van der Waals surface area contributed by atoms with Gasteiger partial charge in [-0.3, -0.25) is 14.0 Å². The quantitative estimate of drug-likeness (QED) is 0.179. The van der Waals surface area contributed by atoms with Crippen molar-refractivity contribution in [1.82, 2.24) is 23.4 Å². The molecule has 2 aromatic carbocycles. The zero-order valence-corrected chi connectivity index (χ0v) is 38.9. The number of pyridine rings is 1. The molecule has 336 valence electrons. The van der Waals surface area contributed by atoms with E-state index < -0.39 is 55.8 Å². The smallest absolute Gasteiger partial charge is 0.410 e. The van der Waals surface area contributed by atoms with Gasteiger partial charge in [-0.25, -0.2) is 14.4 Å². The van der Waals surface area contributed by atoms with Crippen molar-refractivity contribution >= 4 is 73.2 Å². The second kappa shape index (κ2) is 20.2. The molecule has 2 saturated heterocycles. The van der Waals surface area contributed by atoms with Crippen LogP contribution < -0.4 is 9.03 Å². The van der Waals surface area contributed by atoms with Crippen LogP contribution in [0.4, 0.5) is 21.0 Å². The fraction of sp³-hybridized carbons (Fsp3) is 0.500. The summed E-state index contributed by atoms with van der Waals surface area (Å²) >= 11 is 12.1. The lowest BCUT2D eigenvalue weighted by Crippen LogP contribution is -2.58. The van der Waals surface area contributed by atoms with Crippen LogP contribution in [0.3, 0.4) is 0 Å². The third-order valence-corrected chi connectivity index (χ3v) is 13.0. The lowest BCUT2D eigenvalue weighted by molar-refractivity contribution is 0.00768. The Kier molecular flexibility index (Phi) is 16.3. The van der Waals surface area contributed by atoms with Crippen LogP contribution >= 0.6 is 23.2 Å². The van der Waals surface area contributed by atoms with Crippen LogP contribution in [-0.2, 0) is 41.2 Å². The van der Waals surface area contributed by atoms with Gasteiger partial charge in [-0.05, 0) is 104 Å². The van der Waals surface area contributed by atoms with E-state index in [1.165, 1.54) is 37.2 Å². The Morgan fingerprint density at radius 2 is 1.30 bits per heavy atom. The van der Waals surface area contributed by atoms with E-state index in [-0.39, 0.29) is 57.4 Å². The SMILES string of the molecule is COC(=O)c1ccc(CN(c2cccc(Cl)c2)S(=O)(=O)N2CCN(C(=O)OC(C)(C)C)[C@@H](C)C2)nc1.C[C@H]1CN(S(=O)(=O)Nc2cccc(Cl)c2)CCN1C(=O)OC(C)(C)C. The number of carbonyl (C=O) groups is 3. The Morgan fingerprint density at radius 3 is 1.77 bits per heavy atom. The van der Waals surface area contributed by atoms with E-state index >= 15 is 0 Å². The summed E-state index contributed by atoms with van der Waals surface area (Å²) in [5.74, 6) is -0.537. The fourth-order valence-corrected chi connectivity index (χ4v) is 9.54. The highest BCUT2D eigenvalue weighted by molar-refractivity contribution is 7.90. The van der Waals surface area contributed by atoms with Crippen LogP contribution in [-0.4, -0.2) is 128 Å². The molecule has 0 aliphatic carbocycles. The molecule has 0 saturated carbocycles. The summed E-state index contributed by atoms with van der Waals surface area (Å²) in [6, 6.07) is 15.4. The lowest BCUT2D eigenvalue weighted by Gasteiger charge is -2.41. The van der Waals surface area contributed by atoms with Gasteiger partial charge in [0.25, 0.3) is 0 Å². The van der Waals surface area contributed by atoms with Crippen LogP contribution in [0.25, 0.3) is 0 Å². The molecule has 3 aromatic rings. The predicted molar refractivity (Wildman–Crippen MR) is 234 cm³/mol. The van der Waals surface area contributed by atoms with Crippen molar-refractivity contribution < 1.29 is 45.4 Å². The summed E-state index contributed by atoms with van der Waals surface area (Å²) in [7, 11) is -6.50. The molecule has 1 N–H and O–H groups in total. The number of ether oxygens (including phenoxy) is 3. The van der Waals surface area contributed by atoms with Crippen LogP contribution in [0, 0.1) is 0 Å². The monoisotopic (exact) mass is 927 g/mol. The third kappa shape index (κ3) is 14.1. The molecule has 2 amide bonds. The number of methoxy groups -OCH3 is 1. The number of nitrogens with one attached hydrogen (secondary N) is 1. The van der Waals surface area contributed by atoms with Gasteiger partial charge in [0.1, 0.15) is 11.2 Å². The number of anilines is 2. The molecule has 1 aromatic heterocycles. The van der Waals surface area contributed by atoms with Crippen LogP contribution in [0.1, 0.15) is 71.4 Å². The van der Waals surface area contributed by atoms with Crippen molar-refractivity contribution in [2.75, 3.05) is 55.4 Å². The van der Waals surface area contributed by atoms with E-state index in [2.05, 4.69) is 9.71 Å². The van der Waals surface area contributed by atoms with Gasteiger partial charge in [-0.15, -0.1) is 0 Å². The maximum Gasteiger partial charge on any atom is 0.410 e. The Morgan fingerprint density at radius 1 is 0.770 bits per heavy atom. The standard InChI is InChI=1S/C24H31ClN4O6S.C16H24ClN3O4S/c1-17-15-27(11-12-28(17)23(31)35-24(2,3)4)36(32,33)29(21-8-6-7-19(25)13-21)16-20-10-9-18(14-26-20)22(30)34-5;1-12-11-19(8-9-20(12)15(21)24-16(2,3)4)25(22,23)18-14-7-5-6-13(17)10-14/h6-10,13-14,17H,11-12,15-16H2,1-5H3;5-7,10,12,18H,8-9,11H2,1-4H3/t17-;12-/m00/s1. The summed E-state index contributed by atoms with van der Waals surface area (Å²) in [6.07, 6.45) is 0.430. The number of hydrogen-bond acceptors (Lipinski definition) is 11. The predicted octanol–water partition coefficient (Wildman–Crippen LogP) is 6.65. The van der Waals surface area contributed by atoms with Crippen LogP contribution in [0.2, 0.25) is 10.0 Å². The number of hydrogen-bond donors (Lipinski definition) is 1. The molecular formula is C40H55Cl2N7O10S2. The largest absolute Gasteiger partial charge is 0.465 e. The van der Waals surface area contributed by atoms with E-state index in [1.54, 1.807) is 115 Å². The minimum Gasteiger partial charge on any atom is -0.465 e. The molecule has 3 heterocycles. The third-order valence-electron chi connectivity index (χ3n) is 9.10.